The Balaban J connectivity index is -0.0000000800. The topological polar surface area (TPSA) is 54.4 Å². The molecular formula is HAgBiIO3S. The Kier molecular flexibility index (Phi) is 14.7. The molecular weight excluding hydrogens is 524 g/mol. The second kappa shape index (κ2) is 6.38. The molecule has 0 bridgehead atoms. The Hall–Kier alpha value is 2.26. The van der Waals surface area contributed by atoms with E-state index in [0.717, 1.165) is 21.2 Å². The van der Waals surface area contributed by atoms with E-state index in [0.29, 0.717) is 0 Å². The summed E-state index contributed by atoms with van der Waals surface area (Å²) in [5.41, 5.74) is 0. The second-order valence-electron chi connectivity index (χ2n) is 0.412. The third-order valence-corrected chi connectivity index (χ3v) is 0. The van der Waals surface area contributed by atoms with E-state index in [1.165, 1.54) is 0 Å². The summed E-state index contributed by atoms with van der Waals surface area (Å²) in [6.45, 7) is 0. The van der Waals surface area contributed by atoms with Gasteiger partial charge in [0.15, 0.2) is 0 Å². The van der Waals surface area contributed by atoms with Crippen LogP contribution in [0.1, 0.15) is 0 Å². The first-order valence-electron chi connectivity index (χ1n) is 0.670. The Bertz CT molecular complexity index is 98.1. The molecule has 0 aliphatic heterocycles. The van der Waals surface area contributed by atoms with Crippen LogP contribution in [-0.4, -0.2) is 39.2 Å². The van der Waals surface area contributed by atoms with E-state index in [4.69, 9.17) is 4.55 Å². The molecule has 0 amide bonds. The van der Waals surface area contributed by atoms with Crippen LogP contribution < -0.4 is 0 Å². The van der Waals surface area contributed by atoms with Crippen LogP contribution in [0.5, 0.6) is 0 Å². The minimum absolute atomic E-state index is 0. The summed E-state index contributed by atoms with van der Waals surface area (Å²) in [6.07, 6.45) is 0. The quantitative estimate of drug-likeness (QED) is 0.207. The number of rotatable bonds is 0. The van der Waals surface area contributed by atoms with Gasteiger partial charge in [-0.25, -0.2) is 0 Å². The van der Waals surface area contributed by atoms with Gasteiger partial charge in [0.25, 0.3) is 0 Å². The van der Waals surface area contributed by atoms with Crippen molar-refractivity contribution in [3.05, 3.63) is 0 Å². The first-order chi connectivity index (χ1) is 2.00. The fraction of sp³-hybridized carbons (Fsp3) is 0. The van der Waals surface area contributed by atoms with E-state index in [-0.39, 0.29) is 48.6 Å². The molecule has 7 heteroatoms. The summed E-state index contributed by atoms with van der Waals surface area (Å²) in [6, 6.07) is 0. The van der Waals surface area contributed by atoms with Crippen LogP contribution in [0.15, 0.2) is 0 Å². The van der Waals surface area contributed by atoms with Gasteiger partial charge in [0.05, 0.1) is 0 Å². The largest absolute Gasteiger partial charge is 0.318 e. The Morgan fingerprint density at radius 3 is 1.43 bits per heavy atom. The van der Waals surface area contributed by atoms with E-state index in [1.807, 2.05) is 0 Å². The van der Waals surface area contributed by atoms with E-state index in [1.54, 1.807) is 0 Å². The predicted molar refractivity (Wildman–Crippen MR) is 31.3 cm³/mol. The van der Waals surface area contributed by atoms with Crippen LogP contribution in [0, 0.1) is 0 Å². The molecule has 0 rings (SSSR count). The zero-order chi connectivity index (χ0) is 4.50. The monoisotopic (exact) mass is 524 g/mol. The van der Waals surface area contributed by atoms with Crippen molar-refractivity contribution >= 4 is 54.7 Å². The maximum Gasteiger partial charge on any atom is 0.318 e. The van der Waals surface area contributed by atoms with Gasteiger partial charge in [0.2, 0.25) is 0 Å². The minimum Gasteiger partial charge on any atom is -0.278 e. The van der Waals surface area contributed by atoms with Crippen LogP contribution in [0.2, 0.25) is 0 Å². The van der Waals surface area contributed by atoms with Gasteiger partial charge in [0.1, 0.15) is 21.2 Å². The molecule has 3 nitrogen and oxygen atoms in total. The van der Waals surface area contributed by atoms with Crippen molar-refractivity contribution < 1.29 is 35.4 Å². The van der Waals surface area contributed by atoms with Gasteiger partial charge >= 0.3 is 7.29 Å². The fourth-order valence-corrected chi connectivity index (χ4v) is 0. The molecule has 0 aliphatic carbocycles. The normalized spacial score (nSPS) is 8.29. The maximum absolute atomic E-state index is 9.17. The van der Waals surface area contributed by atoms with E-state index in [9.17, 15) is 8.42 Å². The van der Waals surface area contributed by atoms with Crippen molar-refractivity contribution in [3.63, 3.8) is 0 Å². The molecule has 0 heterocycles. The van der Waals surface area contributed by atoms with Crippen molar-refractivity contribution in [2.24, 2.45) is 0 Å². The predicted octanol–water partition coefficient (Wildman–Crippen LogP) is -0.159. The molecule has 48 valence electrons. The van der Waals surface area contributed by atoms with Gasteiger partial charge in [-0.15, -0.1) is 0 Å². The molecule has 0 saturated heterocycles. The minimum atomic E-state index is -3.70. The van der Waals surface area contributed by atoms with Gasteiger partial charge in [-0.05, 0) is 0 Å². The molecule has 0 spiro atoms. The summed E-state index contributed by atoms with van der Waals surface area (Å²) in [5.74, 6) is 0. The van der Waals surface area contributed by atoms with Crippen molar-refractivity contribution in [1.82, 2.24) is 0 Å². The summed E-state index contributed by atoms with van der Waals surface area (Å²) >= 11 is 0.905. The van der Waals surface area contributed by atoms with E-state index < -0.39 is 7.29 Å². The van der Waals surface area contributed by atoms with Crippen molar-refractivity contribution in [3.8, 4) is 0 Å². The van der Waals surface area contributed by atoms with Gasteiger partial charge in [0, 0.05) is 48.6 Å². The first-order valence-corrected chi connectivity index (χ1v) is 4.65. The molecule has 0 atom stereocenters. The molecule has 7 heavy (non-hydrogen) atoms. The summed E-state index contributed by atoms with van der Waals surface area (Å²) in [7, 11) is -3.70. The molecule has 0 aromatic carbocycles. The van der Waals surface area contributed by atoms with Crippen molar-refractivity contribution in [1.29, 1.82) is 0 Å². The fourth-order valence-electron chi connectivity index (χ4n) is 0. The molecule has 4 radical (unpaired) electrons. The Labute approximate surface area is 88.6 Å². The van der Waals surface area contributed by atoms with Gasteiger partial charge in [-0.3, -0.25) is 4.55 Å². The van der Waals surface area contributed by atoms with Crippen LogP contribution in [0.4, 0.5) is 0 Å². The van der Waals surface area contributed by atoms with E-state index >= 15 is 0 Å². The van der Waals surface area contributed by atoms with Gasteiger partial charge in [-0.1, -0.05) is 0 Å². The number of hydrogen-bond donors (Lipinski definition) is 1. The third-order valence-electron chi connectivity index (χ3n) is 0. The zero-order valence-corrected chi connectivity index (χ0v) is 10.7. The summed E-state index contributed by atoms with van der Waals surface area (Å²) in [5, 5.41) is 0. The maximum atomic E-state index is 9.17. The van der Waals surface area contributed by atoms with Crippen LogP contribution >= 0.6 is 21.2 Å². The molecule has 0 unspecified atom stereocenters. The first kappa shape index (κ1) is 16.1. The third kappa shape index (κ3) is 63.3. The van der Waals surface area contributed by atoms with Crippen molar-refractivity contribution in [2.75, 3.05) is 0 Å². The molecule has 1 N–H and O–H groups in total. The van der Waals surface area contributed by atoms with Crippen molar-refractivity contribution in [2.45, 2.75) is 0 Å². The Morgan fingerprint density at radius 2 is 1.43 bits per heavy atom. The Morgan fingerprint density at radius 1 is 1.43 bits per heavy atom. The standard InChI is InChI=1S/Ag.Bi.HIO3S/c;;1-5(2,3)4/h;;(H,2,3,4). The molecule has 0 aromatic heterocycles. The molecule has 0 aromatic rings. The van der Waals surface area contributed by atoms with Gasteiger partial charge in [-0.2, -0.15) is 8.42 Å². The molecule has 0 saturated carbocycles. The van der Waals surface area contributed by atoms with E-state index in [2.05, 4.69) is 0 Å². The molecule has 0 aliphatic rings. The van der Waals surface area contributed by atoms with Gasteiger partial charge < -0.3 is 0 Å². The van der Waals surface area contributed by atoms with Crippen LogP contribution in [-0.2, 0) is 29.7 Å². The summed E-state index contributed by atoms with van der Waals surface area (Å²) < 4.78 is 25.8. The average molecular weight is 525 g/mol. The molecule has 0 fully saturated rings. The number of halogens is 1. The second-order valence-corrected chi connectivity index (χ2v) is 4.58. The average Bonchev–Trinajstić information content (AvgIpc) is 0.722. The SMILES string of the molecule is O=S(=O)(O)I.[Ag].[Bi]. The smallest absolute Gasteiger partial charge is 0.278 e. The summed E-state index contributed by atoms with van der Waals surface area (Å²) in [4.78, 5) is 0. The van der Waals surface area contributed by atoms with Crippen LogP contribution in [0.3, 0.4) is 0 Å². The van der Waals surface area contributed by atoms with Crippen LogP contribution in [0.25, 0.3) is 0 Å². The number of hydrogen-bond acceptors (Lipinski definition) is 2. The zero-order valence-electron chi connectivity index (χ0n) is 2.80.